The van der Waals surface area contributed by atoms with Gasteiger partial charge in [0.15, 0.2) is 5.65 Å². The highest BCUT2D eigenvalue weighted by Gasteiger charge is 2.20. The zero-order chi connectivity index (χ0) is 22.4. The van der Waals surface area contributed by atoms with Crippen LogP contribution in [0, 0.1) is 6.92 Å². The minimum atomic E-state index is -0.0731. The van der Waals surface area contributed by atoms with Crippen molar-refractivity contribution in [3.63, 3.8) is 0 Å². The predicted molar refractivity (Wildman–Crippen MR) is 126 cm³/mol. The number of fused-ring (bicyclic) bond motifs is 1. The number of aromatic nitrogens is 3. The fourth-order valence-corrected chi connectivity index (χ4v) is 4.14. The van der Waals surface area contributed by atoms with Gasteiger partial charge in [-0.15, -0.1) is 0 Å². The van der Waals surface area contributed by atoms with Crippen molar-refractivity contribution in [1.29, 1.82) is 0 Å². The molecule has 1 amide bonds. The van der Waals surface area contributed by atoms with Crippen LogP contribution in [0.1, 0.15) is 62.3 Å². The zero-order valence-electron chi connectivity index (χ0n) is 19.5. The van der Waals surface area contributed by atoms with Crippen molar-refractivity contribution in [2.24, 2.45) is 0 Å². The Hall–Kier alpha value is -2.73. The van der Waals surface area contributed by atoms with Crippen LogP contribution < -0.4 is 5.32 Å². The summed E-state index contributed by atoms with van der Waals surface area (Å²) in [7, 11) is 0. The minimum Gasteiger partial charge on any atom is -0.349 e. The smallest absolute Gasteiger partial charge is 0.254 e. The topological polar surface area (TPSA) is 62.5 Å². The van der Waals surface area contributed by atoms with Gasteiger partial charge in [0.1, 0.15) is 0 Å². The maximum atomic E-state index is 13.0. The Morgan fingerprint density at radius 3 is 2.52 bits per heavy atom. The monoisotopic (exact) mass is 421 g/mol. The fraction of sp³-hybridized carbons (Fsp3) is 0.480. The highest BCUT2D eigenvalue weighted by atomic mass is 16.1. The zero-order valence-corrected chi connectivity index (χ0v) is 19.5. The molecule has 31 heavy (non-hydrogen) atoms. The average Bonchev–Trinajstić information content (AvgIpc) is 3.12. The van der Waals surface area contributed by atoms with Gasteiger partial charge in [-0.05, 0) is 58.3 Å². The van der Waals surface area contributed by atoms with Crippen LogP contribution in [-0.4, -0.2) is 51.1 Å². The van der Waals surface area contributed by atoms with E-state index >= 15 is 0 Å². The van der Waals surface area contributed by atoms with Gasteiger partial charge in [-0.2, -0.15) is 5.10 Å². The van der Waals surface area contributed by atoms with Crippen LogP contribution in [-0.2, 0) is 6.42 Å². The van der Waals surface area contributed by atoms with Gasteiger partial charge in [-0.3, -0.25) is 4.79 Å². The van der Waals surface area contributed by atoms with Crippen molar-refractivity contribution < 1.29 is 4.79 Å². The normalized spacial score (nSPS) is 12.5. The Kier molecular flexibility index (Phi) is 7.80. The number of hydrogen-bond acceptors (Lipinski definition) is 4. The Morgan fingerprint density at radius 2 is 1.87 bits per heavy atom. The Balaban J connectivity index is 1.80. The summed E-state index contributed by atoms with van der Waals surface area (Å²) in [5, 5.41) is 7.90. The van der Waals surface area contributed by atoms with E-state index in [2.05, 4.69) is 55.0 Å². The molecule has 6 nitrogen and oxygen atoms in total. The van der Waals surface area contributed by atoms with E-state index in [0.717, 1.165) is 60.6 Å². The molecule has 1 unspecified atom stereocenters. The van der Waals surface area contributed by atoms with Crippen LogP contribution in [0.2, 0.25) is 0 Å². The largest absolute Gasteiger partial charge is 0.349 e. The highest BCUT2D eigenvalue weighted by molar-refractivity contribution is 5.96. The molecule has 0 fully saturated rings. The number of amides is 1. The summed E-state index contributed by atoms with van der Waals surface area (Å²) in [4.78, 5) is 20.1. The lowest BCUT2D eigenvalue weighted by Gasteiger charge is -2.20. The molecule has 3 rings (SSSR count). The number of nitrogens with zero attached hydrogens (tertiary/aromatic N) is 4. The lowest BCUT2D eigenvalue weighted by atomic mass is 10.1. The van der Waals surface area contributed by atoms with Crippen molar-refractivity contribution in [1.82, 2.24) is 24.8 Å². The quantitative estimate of drug-likeness (QED) is 0.523. The molecular weight excluding hydrogens is 386 g/mol. The van der Waals surface area contributed by atoms with Crippen LogP contribution in [0.25, 0.3) is 16.8 Å². The maximum Gasteiger partial charge on any atom is 0.254 e. The third-order valence-electron chi connectivity index (χ3n) is 5.94. The fourth-order valence-electron chi connectivity index (χ4n) is 4.14. The van der Waals surface area contributed by atoms with Crippen LogP contribution >= 0.6 is 0 Å². The molecule has 0 spiro atoms. The summed E-state index contributed by atoms with van der Waals surface area (Å²) in [6.45, 7) is 13.7. The third-order valence-corrected chi connectivity index (χ3v) is 5.94. The lowest BCUT2D eigenvalue weighted by molar-refractivity contribution is 0.0935. The van der Waals surface area contributed by atoms with Gasteiger partial charge in [-0.25, -0.2) is 9.50 Å². The number of aryl methyl sites for hydroxylation is 2. The molecule has 1 N–H and O–H groups in total. The summed E-state index contributed by atoms with van der Waals surface area (Å²) >= 11 is 0. The van der Waals surface area contributed by atoms with E-state index in [0.29, 0.717) is 12.0 Å². The molecule has 0 aliphatic rings. The molecule has 2 heterocycles. The van der Waals surface area contributed by atoms with Gasteiger partial charge in [0, 0.05) is 17.8 Å². The van der Waals surface area contributed by atoms with E-state index in [1.807, 2.05) is 29.6 Å². The Morgan fingerprint density at radius 1 is 1.16 bits per heavy atom. The van der Waals surface area contributed by atoms with Gasteiger partial charge >= 0.3 is 0 Å². The predicted octanol–water partition coefficient (Wildman–Crippen LogP) is 4.51. The number of rotatable bonds is 10. The first kappa shape index (κ1) is 22.9. The van der Waals surface area contributed by atoms with Gasteiger partial charge in [0.25, 0.3) is 5.91 Å². The summed E-state index contributed by atoms with van der Waals surface area (Å²) in [6, 6.07) is 10.3. The number of carbonyl (C=O) groups is 1. The molecular formula is C25H35N5O. The van der Waals surface area contributed by atoms with E-state index in [1.54, 1.807) is 6.20 Å². The standard InChI is InChI=1S/C25H35N5O/c1-6-22-21(25(31)27-18(4)13-12-16-29(7-2)8-3)17-26-24-23(19(5)28-30(22)24)20-14-10-9-11-15-20/h9-11,14-15,17-18H,6-8,12-13,16H2,1-5H3,(H,27,31). The number of carbonyl (C=O) groups excluding carboxylic acids is 1. The Bertz CT molecular complexity index is 1010. The van der Waals surface area contributed by atoms with E-state index in [-0.39, 0.29) is 11.9 Å². The molecule has 6 heteroatoms. The second kappa shape index (κ2) is 10.5. The molecule has 0 saturated carbocycles. The summed E-state index contributed by atoms with van der Waals surface area (Å²) in [6.07, 6.45) is 4.44. The van der Waals surface area contributed by atoms with Crippen molar-refractivity contribution in [3.05, 3.63) is 53.5 Å². The average molecular weight is 422 g/mol. The molecule has 0 bridgehead atoms. The first-order valence-corrected chi connectivity index (χ1v) is 11.5. The Labute approximate surface area is 185 Å². The maximum absolute atomic E-state index is 13.0. The van der Waals surface area contributed by atoms with E-state index in [4.69, 9.17) is 5.10 Å². The van der Waals surface area contributed by atoms with E-state index in [9.17, 15) is 4.79 Å². The number of hydrogen-bond donors (Lipinski definition) is 1. The van der Waals surface area contributed by atoms with E-state index in [1.165, 1.54) is 0 Å². The third kappa shape index (κ3) is 5.13. The molecule has 3 aromatic rings. The summed E-state index contributed by atoms with van der Waals surface area (Å²) in [5.41, 5.74) is 5.31. The molecule has 1 atom stereocenters. The van der Waals surface area contributed by atoms with Gasteiger partial charge in [0.2, 0.25) is 0 Å². The number of benzene rings is 1. The molecule has 0 saturated heterocycles. The van der Waals surface area contributed by atoms with Crippen molar-refractivity contribution in [3.8, 4) is 11.1 Å². The minimum absolute atomic E-state index is 0.0731. The molecule has 1 aromatic carbocycles. The lowest BCUT2D eigenvalue weighted by Crippen LogP contribution is -2.34. The summed E-state index contributed by atoms with van der Waals surface area (Å²) in [5.74, 6) is -0.0731. The van der Waals surface area contributed by atoms with Crippen molar-refractivity contribution >= 4 is 11.6 Å². The molecule has 166 valence electrons. The first-order chi connectivity index (χ1) is 15.0. The first-order valence-electron chi connectivity index (χ1n) is 11.5. The summed E-state index contributed by atoms with van der Waals surface area (Å²) < 4.78 is 1.84. The second-order valence-electron chi connectivity index (χ2n) is 8.08. The van der Waals surface area contributed by atoms with E-state index < -0.39 is 0 Å². The van der Waals surface area contributed by atoms with Crippen LogP contribution in [0.15, 0.2) is 36.5 Å². The molecule has 2 aromatic heterocycles. The highest BCUT2D eigenvalue weighted by Crippen LogP contribution is 2.28. The van der Waals surface area contributed by atoms with Gasteiger partial charge in [0.05, 0.1) is 17.0 Å². The molecule has 0 aliphatic heterocycles. The second-order valence-corrected chi connectivity index (χ2v) is 8.08. The van der Waals surface area contributed by atoms with Crippen molar-refractivity contribution in [2.75, 3.05) is 19.6 Å². The van der Waals surface area contributed by atoms with Crippen molar-refractivity contribution in [2.45, 2.75) is 59.9 Å². The molecule has 0 radical (unpaired) electrons. The SMILES string of the molecule is CCc1c(C(=O)NC(C)CCCN(CC)CC)cnc2c(-c3ccccc3)c(C)nn12. The van der Waals surface area contributed by atoms with Gasteiger partial charge in [-0.1, -0.05) is 51.1 Å². The van der Waals surface area contributed by atoms with Gasteiger partial charge < -0.3 is 10.2 Å². The van der Waals surface area contributed by atoms with Crippen LogP contribution in [0.5, 0.6) is 0 Å². The molecule has 0 aliphatic carbocycles. The van der Waals surface area contributed by atoms with Crippen LogP contribution in [0.3, 0.4) is 0 Å². The van der Waals surface area contributed by atoms with Crippen LogP contribution in [0.4, 0.5) is 0 Å². The number of nitrogens with one attached hydrogen (secondary N) is 1.